The summed E-state index contributed by atoms with van der Waals surface area (Å²) in [6, 6.07) is 5.71. The fourth-order valence-electron chi connectivity index (χ4n) is 3.37. The maximum atomic E-state index is 13.2. The summed E-state index contributed by atoms with van der Waals surface area (Å²) in [6.45, 7) is 9.84. The standard InChI is InChI=1S/C23H28N4O3S/c1-23(2,3)20(28)18(16-24)22-27(10-4-9-26-11-13-30-14-12-26)21(29)19(31-22)15-17-5-7-25-8-6-17/h5-8,15H,4,9-14H2,1-3H3/b19-15-,22-18-. The number of carbonyl (C=O) groups excluding carboxylic acids is 1. The lowest BCUT2D eigenvalue weighted by atomic mass is 9.87. The molecule has 0 bridgehead atoms. The van der Waals surface area contributed by atoms with Gasteiger partial charge in [-0.05, 0) is 30.2 Å². The molecule has 1 saturated heterocycles. The van der Waals surface area contributed by atoms with E-state index in [4.69, 9.17) is 4.74 Å². The van der Waals surface area contributed by atoms with E-state index in [1.165, 1.54) is 11.3 Å². The van der Waals surface area contributed by atoms with Gasteiger partial charge in [0.05, 0.1) is 17.7 Å². The molecule has 2 aromatic heterocycles. The maximum absolute atomic E-state index is 13.2. The minimum Gasteiger partial charge on any atom is -0.379 e. The third-order valence-corrected chi connectivity index (χ3v) is 6.24. The van der Waals surface area contributed by atoms with Crippen molar-refractivity contribution < 1.29 is 9.53 Å². The van der Waals surface area contributed by atoms with Crippen LogP contribution < -0.4 is 14.8 Å². The Hall–Kier alpha value is -2.60. The van der Waals surface area contributed by atoms with Gasteiger partial charge in [0.2, 0.25) is 0 Å². The number of aromatic nitrogens is 2. The van der Waals surface area contributed by atoms with Crippen LogP contribution in [0.2, 0.25) is 0 Å². The van der Waals surface area contributed by atoms with Gasteiger partial charge in [0.15, 0.2) is 5.78 Å². The fraction of sp³-hybridized carbons (Fsp3) is 0.478. The van der Waals surface area contributed by atoms with Crippen molar-refractivity contribution in [3.8, 4) is 6.07 Å². The number of hydrogen-bond donors (Lipinski definition) is 0. The van der Waals surface area contributed by atoms with Gasteiger partial charge in [-0.2, -0.15) is 5.26 Å². The van der Waals surface area contributed by atoms with Crippen molar-refractivity contribution in [1.82, 2.24) is 14.5 Å². The van der Waals surface area contributed by atoms with Crippen molar-refractivity contribution in [1.29, 1.82) is 5.26 Å². The first kappa shape index (κ1) is 23.1. The minimum absolute atomic E-state index is 0.0513. The summed E-state index contributed by atoms with van der Waals surface area (Å²) in [4.78, 5) is 32.5. The van der Waals surface area contributed by atoms with Crippen LogP contribution in [-0.2, 0) is 16.1 Å². The summed E-state index contributed by atoms with van der Waals surface area (Å²) in [5.41, 5.74) is 0.0169. The van der Waals surface area contributed by atoms with E-state index in [9.17, 15) is 14.9 Å². The number of morpholine rings is 1. The van der Waals surface area contributed by atoms with E-state index in [1.54, 1.807) is 43.8 Å². The molecule has 0 radical (unpaired) electrons. The summed E-state index contributed by atoms with van der Waals surface area (Å²) in [5.74, 6) is -0.256. The lowest BCUT2D eigenvalue weighted by molar-refractivity contribution is -0.120. The second kappa shape index (κ2) is 10.1. The summed E-state index contributed by atoms with van der Waals surface area (Å²) >= 11 is 1.20. The van der Waals surface area contributed by atoms with Crippen LogP contribution in [0.3, 0.4) is 0 Å². The van der Waals surface area contributed by atoms with E-state index in [0.29, 0.717) is 15.7 Å². The molecule has 31 heavy (non-hydrogen) atoms. The number of nitrogens with zero attached hydrogens (tertiary/aromatic N) is 4. The highest BCUT2D eigenvalue weighted by atomic mass is 32.1. The predicted molar refractivity (Wildman–Crippen MR) is 121 cm³/mol. The van der Waals surface area contributed by atoms with Crippen LogP contribution in [0.25, 0.3) is 11.6 Å². The number of hydrogen-bond acceptors (Lipinski definition) is 7. The molecule has 0 spiro atoms. The second-order valence-electron chi connectivity index (χ2n) is 8.53. The summed E-state index contributed by atoms with van der Waals surface area (Å²) in [7, 11) is 0. The third-order valence-electron chi connectivity index (χ3n) is 5.11. The number of nitriles is 1. The Bertz CT molecular complexity index is 1130. The van der Waals surface area contributed by atoms with Crippen LogP contribution in [0.1, 0.15) is 32.8 Å². The van der Waals surface area contributed by atoms with Crippen molar-refractivity contribution >= 4 is 28.8 Å². The highest BCUT2D eigenvalue weighted by molar-refractivity contribution is 7.07. The van der Waals surface area contributed by atoms with Gasteiger partial charge in [0.1, 0.15) is 16.3 Å². The Labute approximate surface area is 185 Å². The lowest BCUT2D eigenvalue weighted by Gasteiger charge is -2.26. The minimum atomic E-state index is -0.710. The van der Waals surface area contributed by atoms with E-state index in [-0.39, 0.29) is 16.9 Å². The molecular weight excluding hydrogens is 412 g/mol. The van der Waals surface area contributed by atoms with E-state index >= 15 is 0 Å². The Morgan fingerprint density at radius 3 is 2.55 bits per heavy atom. The van der Waals surface area contributed by atoms with E-state index in [2.05, 4.69) is 16.0 Å². The molecule has 7 nitrogen and oxygen atoms in total. The normalized spacial score (nSPS) is 16.8. The van der Waals surface area contributed by atoms with Crippen LogP contribution in [0, 0.1) is 16.7 Å². The van der Waals surface area contributed by atoms with Gasteiger partial charge in [-0.1, -0.05) is 20.8 Å². The maximum Gasteiger partial charge on any atom is 0.269 e. The van der Waals surface area contributed by atoms with Crippen LogP contribution in [0.5, 0.6) is 0 Å². The van der Waals surface area contributed by atoms with Crippen LogP contribution in [-0.4, -0.2) is 53.1 Å². The molecule has 1 aliphatic rings. The van der Waals surface area contributed by atoms with Crippen molar-refractivity contribution in [3.05, 3.63) is 49.6 Å². The van der Waals surface area contributed by atoms with Gasteiger partial charge in [-0.15, -0.1) is 11.3 Å². The topological polar surface area (TPSA) is 88.2 Å². The van der Waals surface area contributed by atoms with Gasteiger partial charge >= 0.3 is 0 Å². The van der Waals surface area contributed by atoms with Crippen molar-refractivity contribution in [2.75, 3.05) is 32.8 Å². The lowest BCUT2D eigenvalue weighted by Crippen LogP contribution is -2.39. The molecule has 2 aromatic rings. The number of ether oxygens (including phenoxy) is 1. The summed E-state index contributed by atoms with van der Waals surface area (Å²) in [6.07, 6.45) is 5.86. The Morgan fingerprint density at radius 1 is 1.26 bits per heavy atom. The quantitative estimate of drug-likeness (QED) is 0.670. The molecule has 164 valence electrons. The average Bonchev–Trinajstić information content (AvgIpc) is 3.05. The molecule has 1 aliphatic heterocycles. The van der Waals surface area contributed by atoms with Gasteiger partial charge in [0, 0.05) is 44.0 Å². The highest BCUT2D eigenvalue weighted by Crippen LogP contribution is 2.19. The summed E-state index contributed by atoms with van der Waals surface area (Å²) < 4.78 is 7.92. The zero-order valence-electron chi connectivity index (χ0n) is 18.3. The molecule has 0 aromatic carbocycles. The Morgan fingerprint density at radius 2 is 1.94 bits per heavy atom. The molecule has 0 unspecified atom stereocenters. The largest absolute Gasteiger partial charge is 0.379 e. The van der Waals surface area contributed by atoms with E-state index in [0.717, 1.165) is 44.8 Å². The number of thiazole rings is 1. The number of Topliss-reactive ketones (excluding diaryl/α,β-unsaturated/α-hetero) is 1. The monoisotopic (exact) mass is 440 g/mol. The van der Waals surface area contributed by atoms with Crippen LogP contribution in [0.4, 0.5) is 0 Å². The first-order valence-electron chi connectivity index (χ1n) is 10.4. The molecule has 0 amide bonds. The number of pyridine rings is 1. The third kappa shape index (κ3) is 5.76. The molecule has 8 heteroatoms. The van der Waals surface area contributed by atoms with Crippen LogP contribution in [0.15, 0.2) is 29.3 Å². The number of ketones is 1. The Kier molecular flexibility index (Phi) is 7.55. The van der Waals surface area contributed by atoms with Crippen LogP contribution >= 0.6 is 11.3 Å². The molecule has 3 heterocycles. The molecule has 0 atom stereocenters. The molecule has 0 aliphatic carbocycles. The SMILES string of the molecule is CC(C)(C)C(=O)/C(C#N)=c1\s/c(=C\c2ccncc2)c(=O)n1CCCN1CCOCC1. The smallest absolute Gasteiger partial charge is 0.269 e. The molecule has 0 N–H and O–H groups in total. The van der Waals surface area contributed by atoms with E-state index < -0.39 is 5.41 Å². The van der Waals surface area contributed by atoms with Crippen molar-refractivity contribution in [3.63, 3.8) is 0 Å². The number of rotatable bonds is 6. The summed E-state index contributed by atoms with van der Waals surface area (Å²) in [5, 5.41) is 9.80. The van der Waals surface area contributed by atoms with Gasteiger partial charge < -0.3 is 4.74 Å². The van der Waals surface area contributed by atoms with Gasteiger partial charge in [-0.25, -0.2) is 0 Å². The van der Waals surface area contributed by atoms with E-state index in [1.807, 2.05) is 12.1 Å². The molecule has 0 saturated carbocycles. The zero-order chi connectivity index (χ0) is 22.4. The van der Waals surface area contributed by atoms with Gasteiger partial charge in [-0.3, -0.25) is 24.0 Å². The van der Waals surface area contributed by atoms with Crippen molar-refractivity contribution in [2.24, 2.45) is 5.41 Å². The first-order valence-corrected chi connectivity index (χ1v) is 11.2. The number of carbonyl (C=O) groups is 1. The molecular formula is C23H28N4O3S. The first-order chi connectivity index (χ1) is 14.8. The second-order valence-corrected chi connectivity index (χ2v) is 9.56. The predicted octanol–water partition coefficient (Wildman–Crippen LogP) is 1.15. The molecule has 3 rings (SSSR count). The van der Waals surface area contributed by atoms with Gasteiger partial charge in [0.25, 0.3) is 5.56 Å². The Balaban J connectivity index is 2.05. The zero-order valence-corrected chi connectivity index (χ0v) is 19.1. The molecule has 1 fully saturated rings. The average molecular weight is 441 g/mol. The highest BCUT2D eigenvalue weighted by Gasteiger charge is 2.27. The fourth-order valence-corrected chi connectivity index (χ4v) is 4.49. The van der Waals surface area contributed by atoms with Crippen molar-refractivity contribution in [2.45, 2.75) is 33.7 Å².